The standard InChI is InChI=1S/C18H20O3/c1-2-20-18(19)16-10-12-17(13-11-16)21-14-6-9-15-7-4-3-5-8-15/h3-5,7-8,10-13H,2,6,9,14H2,1H3. The summed E-state index contributed by atoms with van der Waals surface area (Å²) < 4.78 is 10.6. The van der Waals surface area contributed by atoms with Crippen LogP contribution >= 0.6 is 0 Å². The van der Waals surface area contributed by atoms with E-state index < -0.39 is 0 Å². The first-order valence-electron chi connectivity index (χ1n) is 7.23. The Bertz CT molecular complexity index is 546. The van der Waals surface area contributed by atoms with E-state index in [2.05, 4.69) is 12.1 Å². The summed E-state index contributed by atoms with van der Waals surface area (Å²) in [4.78, 5) is 11.5. The molecule has 0 spiro atoms. The Morgan fingerprint density at radius 3 is 2.38 bits per heavy atom. The van der Waals surface area contributed by atoms with Crippen molar-refractivity contribution < 1.29 is 14.3 Å². The average Bonchev–Trinajstić information content (AvgIpc) is 2.53. The third kappa shape index (κ3) is 4.95. The maximum Gasteiger partial charge on any atom is 0.338 e. The fraction of sp³-hybridized carbons (Fsp3) is 0.278. The van der Waals surface area contributed by atoms with Crippen LogP contribution in [0, 0.1) is 0 Å². The largest absolute Gasteiger partial charge is 0.494 e. The highest BCUT2D eigenvalue weighted by Crippen LogP contribution is 2.13. The minimum atomic E-state index is -0.298. The Morgan fingerprint density at radius 1 is 1.00 bits per heavy atom. The highest BCUT2D eigenvalue weighted by atomic mass is 16.5. The molecule has 0 N–H and O–H groups in total. The average molecular weight is 284 g/mol. The van der Waals surface area contributed by atoms with Gasteiger partial charge in [0.05, 0.1) is 18.8 Å². The molecule has 0 bridgehead atoms. The summed E-state index contributed by atoms with van der Waals surface area (Å²) in [6, 6.07) is 17.4. The van der Waals surface area contributed by atoms with Gasteiger partial charge in [0.1, 0.15) is 5.75 Å². The highest BCUT2D eigenvalue weighted by Gasteiger charge is 2.05. The second-order valence-electron chi connectivity index (χ2n) is 4.68. The number of hydrogen-bond acceptors (Lipinski definition) is 3. The molecule has 0 aliphatic rings. The number of carbonyl (C=O) groups excluding carboxylic acids is 1. The predicted octanol–water partition coefficient (Wildman–Crippen LogP) is 3.87. The summed E-state index contributed by atoms with van der Waals surface area (Å²) in [5.74, 6) is 0.476. The smallest absolute Gasteiger partial charge is 0.338 e. The van der Waals surface area contributed by atoms with Crippen molar-refractivity contribution in [2.75, 3.05) is 13.2 Å². The lowest BCUT2D eigenvalue weighted by molar-refractivity contribution is 0.0526. The fourth-order valence-electron chi connectivity index (χ4n) is 2.01. The molecule has 0 atom stereocenters. The number of carbonyl (C=O) groups is 1. The van der Waals surface area contributed by atoms with Crippen molar-refractivity contribution in [3.8, 4) is 5.75 Å². The maximum absolute atomic E-state index is 11.5. The van der Waals surface area contributed by atoms with Crippen LogP contribution in [0.2, 0.25) is 0 Å². The summed E-state index contributed by atoms with van der Waals surface area (Å²) in [6.07, 6.45) is 1.96. The molecular formula is C18H20O3. The van der Waals surface area contributed by atoms with Crippen LogP contribution in [0.25, 0.3) is 0 Å². The molecule has 3 nitrogen and oxygen atoms in total. The van der Waals surface area contributed by atoms with E-state index in [-0.39, 0.29) is 5.97 Å². The number of rotatable bonds is 7. The van der Waals surface area contributed by atoms with Crippen molar-refractivity contribution in [3.63, 3.8) is 0 Å². The van der Waals surface area contributed by atoms with Gasteiger partial charge in [0, 0.05) is 0 Å². The second-order valence-corrected chi connectivity index (χ2v) is 4.68. The van der Waals surface area contributed by atoms with Crippen molar-refractivity contribution >= 4 is 5.97 Å². The Labute approximate surface area is 125 Å². The van der Waals surface area contributed by atoms with Gasteiger partial charge in [-0.1, -0.05) is 30.3 Å². The lowest BCUT2D eigenvalue weighted by atomic mass is 10.1. The summed E-state index contributed by atoms with van der Waals surface area (Å²) in [5, 5.41) is 0. The number of aryl methyl sites for hydroxylation is 1. The second kappa shape index (κ2) is 8.10. The minimum absolute atomic E-state index is 0.298. The lowest BCUT2D eigenvalue weighted by Crippen LogP contribution is -2.04. The summed E-state index contributed by atoms with van der Waals surface area (Å²) in [7, 11) is 0. The monoisotopic (exact) mass is 284 g/mol. The van der Waals surface area contributed by atoms with Gasteiger partial charge in [-0.3, -0.25) is 0 Å². The van der Waals surface area contributed by atoms with E-state index in [4.69, 9.17) is 9.47 Å². The molecule has 2 aromatic carbocycles. The molecule has 0 radical (unpaired) electrons. The molecule has 0 aliphatic carbocycles. The summed E-state index contributed by atoms with van der Waals surface area (Å²) in [5.41, 5.74) is 1.87. The van der Waals surface area contributed by atoms with Crippen molar-refractivity contribution in [1.29, 1.82) is 0 Å². The Balaban J connectivity index is 1.75. The molecule has 110 valence electrons. The minimum Gasteiger partial charge on any atom is -0.494 e. The van der Waals surface area contributed by atoms with Crippen LogP contribution in [0.4, 0.5) is 0 Å². The predicted molar refractivity (Wildman–Crippen MR) is 82.7 cm³/mol. The highest BCUT2D eigenvalue weighted by molar-refractivity contribution is 5.89. The zero-order chi connectivity index (χ0) is 14.9. The first-order chi connectivity index (χ1) is 10.3. The Kier molecular flexibility index (Phi) is 5.83. The SMILES string of the molecule is CCOC(=O)c1ccc(OCCCc2ccccc2)cc1. The first-order valence-corrected chi connectivity index (χ1v) is 7.23. The number of ether oxygens (including phenoxy) is 2. The van der Waals surface area contributed by atoms with Gasteiger partial charge in [-0.25, -0.2) is 4.79 Å². The van der Waals surface area contributed by atoms with E-state index >= 15 is 0 Å². The Hall–Kier alpha value is -2.29. The van der Waals surface area contributed by atoms with Crippen LogP contribution < -0.4 is 4.74 Å². The zero-order valence-corrected chi connectivity index (χ0v) is 12.2. The molecule has 2 rings (SSSR count). The van der Waals surface area contributed by atoms with Crippen LogP contribution in [-0.4, -0.2) is 19.2 Å². The molecule has 0 heterocycles. The molecule has 0 saturated heterocycles. The van der Waals surface area contributed by atoms with Gasteiger partial charge in [-0.05, 0) is 49.6 Å². The molecule has 0 unspecified atom stereocenters. The van der Waals surface area contributed by atoms with E-state index in [1.165, 1.54) is 5.56 Å². The molecule has 2 aromatic rings. The molecule has 21 heavy (non-hydrogen) atoms. The molecular weight excluding hydrogens is 264 g/mol. The molecule has 0 saturated carbocycles. The van der Waals surface area contributed by atoms with E-state index in [0.717, 1.165) is 18.6 Å². The van der Waals surface area contributed by atoms with E-state index in [1.54, 1.807) is 31.2 Å². The van der Waals surface area contributed by atoms with Crippen LogP contribution in [0.3, 0.4) is 0 Å². The third-order valence-corrected chi connectivity index (χ3v) is 3.09. The number of benzene rings is 2. The van der Waals surface area contributed by atoms with Gasteiger partial charge >= 0.3 is 5.97 Å². The van der Waals surface area contributed by atoms with E-state index in [0.29, 0.717) is 18.8 Å². The van der Waals surface area contributed by atoms with Crippen molar-refractivity contribution in [2.45, 2.75) is 19.8 Å². The Morgan fingerprint density at radius 2 is 1.71 bits per heavy atom. The van der Waals surface area contributed by atoms with Crippen molar-refractivity contribution in [2.24, 2.45) is 0 Å². The quantitative estimate of drug-likeness (QED) is 0.572. The van der Waals surface area contributed by atoms with Gasteiger partial charge in [0.15, 0.2) is 0 Å². The number of esters is 1. The van der Waals surface area contributed by atoms with Crippen LogP contribution in [0.5, 0.6) is 5.75 Å². The molecule has 0 fully saturated rings. The molecule has 0 amide bonds. The molecule has 3 heteroatoms. The van der Waals surface area contributed by atoms with Crippen LogP contribution in [0.1, 0.15) is 29.3 Å². The van der Waals surface area contributed by atoms with E-state index in [9.17, 15) is 4.79 Å². The van der Waals surface area contributed by atoms with Gasteiger partial charge in [-0.2, -0.15) is 0 Å². The fourth-order valence-corrected chi connectivity index (χ4v) is 2.01. The van der Waals surface area contributed by atoms with Crippen LogP contribution in [-0.2, 0) is 11.2 Å². The normalized spacial score (nSPS) is 10.1. The van der Waals surface area contributed by atoms with Crippen LogP contribution in [0.15, 0.2) is 54.6 Å². The van der Waals surface area contributed by atoms with E-state index in [1.807, 2.05) is 18.2 Å². The van der Waals surface area contributed by atoms with Gasteiger partial charge in [0.2, 0.25) is 0 Å². The lowest BCUT2D eigenvalue weighted by Gasteiger charge is -2.07. The van der Waals surface area contributed by atoms with Gasteiger partial charge < -0.3 is 9.47 Å². The maximum atomic E-state index is 11.5. The first kappa shape index (κ1) is 15.1. The van der Waals surface area contributed by atoms with Crippen molar-refractivity contribution in [1.82, 2.24) is 0 Å². The third-order valence-electron chi connectivity index (χ3n) is 3.09. The molecule has 0 aromatic heterocycles. The zero-order valence-electron chi connectivity index (χ0n) is 12.2. The molecule has 0 aliphatic heterocycles. The van der Waals surface area contributed by atoms with Gasteiger partial charge in [-0.15, -0.1) is 0 Å². The van der Waals surface area contributed by atoms with Crippen molar-refractivity contribution in [3.05, 3.63) is 65.7 Å². The van der Waals surface area contributed by atoms with Gasteiger partial charge in [0.25, 0.3) is 0 Å². The number of hydrogen-bond donors (Lipinski definition) is 0. The summed E-state index contributed by atoms with van der Waals surface area (Å²) >= 11 is 0. The topological polar surface area (TPSA) is 35.5 Å². The summed E-state index contributed by atoms with van der Waals surface area (Å²) in [6.45, 7) is 2.84.